The molecule has 1 amide bonds. The highest BCUT2D eigenvalue weighted by Crippen LogP contribution is 2.30. The number of amides is 1. The summed E-state index contributed by atoms with van der Waals surface area (Å²) in [6, 6.07) is 27.0. The highest BCUT2D eigenvalue weighted by atomic mass is 16.5. The molecule has 0 spiro atoms. The van der Waals surface area contributed by atoms with Gasteiger partial charge in [0.1, 0.15) is 18.2 Å². The lowest BCUT2D eigenvalue weighted by atomic mass is 10.1. The van der Waals surface area contributed by atoms with Crippen molar-refractivity contribution in [2.45, 2.75) is 6.61 Å². The maximum Gasteiger partial charge on any atom is 0.337 e. The van der Waals surface area contributed by atoms with Gasteiger partial charge in [-0.2, -0.15) is 5.26 Å². The van der Waals surface area contributed by atoms with Gasteiger partial charge in [0.05, 0.1) is 18.4 Å². The van der Waals surface area contributed by atoms with Crippen molar-refractivity contribution in [2.24, 2.45) is 0 Å². The molecule has 0 heterocycles. The van der Waals surface area contributed by atoms with Gasteiger partial charge in [-0.25, -0.2) is 4.79 Å². The Morgan fingerprint density at radius 1 is 0.972 bits per heavy atom. The fraction of sp³-hybridized carbons (Fsp3) is 0.0690. The maximum atomic E-state index is 12.7. The Kier molecular flexibility index (Phi) is 7.28. The first-order valence-electron chi connectivity index (χ1n) is 11.0. The minimum atomic E-state index is -1.18. The van der Waals surface area contributed by atoms with Crippen LogP contribution in [0.25, 0.3) is 16.8 Å². The first-order chi connectivity index (χ1) is 17.5. The van der Waals surface area contributed by atoms with Gasteiger partial charge in [-0.3, -0.25) is 4.79 Å². The second-order valence-corrected chi connectivity index (χ2v) is 7.81. The van der Waals surface area contributed by atoms with Crippen molar-refractivity contribution in [1.29, 1.82) is 5.26 Å². The van der Waals surface area contributed by atoms with Crippen LogP contribution in [0.15, 0.2) is 90.5 Å². The van der Waals surface area contributed by atoms with Gasteiger partial charge in [0, 0.05) is 0 Å². The van der Waals surface area contributed by atoms with E-state index >= 15 is 0 Å². The number of ether oxygens (including phenoxy) is 2. The van der Waals surface area contributed by atoms with E-state index < -0.39 is 11.9 Å². The summed E-state index contributed by atoms with van der Waals surface area (Å²) in [5, 5.41) is 23.6. The van der Waals surface area contributed by atoms with E-state index in [2.05, 4.69) is 5.32 Å². The molecule has 0 unspecified atom stereocenters. The average Bonchev–Trinajstić information content (AvgIpc) is 2.90. The van der Waals surface area contributed by atoms with Gasteiger partial charge in [0.15, 0.2) is 11.5 Å². The molecule has 7 nitrogen and oxygen atoms in total. The van der Waals surface area contributed by atoms with Gasteiger partial charge in [0.2, 0.25) is 0 Å². The van der Waals surface area contributed by atoms with Crippen LogP contribution in [0.4, 0.5) is 5.69 Å². The van der Waals surface area contributed by atoms with E-state index in [1.807, 2.05) is 48.5 Å². The summed E-state index contributed by atoms with van der Waals surface area (Å²) in [7, 11) is 1.51. The second kappa shape index (κ2) is 10.9. The van der Waals surface area contributed by atoms with Crippen LogP contribution in [0.1, 0.15) is 21.5 Å². The zero-order valence-corrected chi connectivity index (χ0v) is 19.4. The Hall–Kier alpha value is -5.09. The maximum absolute atomic E-state index is 12.7. The third-order valence-corrected chi connectivity index (χ3v) is 5.53. The summed E-state index contributed by atoms with van der Waals surface area (Å²) in [6.07, 6.45) is 1.40. The number of methoxy groups -OCH3 is 1. The largest absolute Gasteiger partial charge is 0.493 e. The SMILES string of the molecule is COc1cc(/C=C(\C#N)C(=O)Nc2ccccc2C(=O)O)ccc1OCc1cccc2ccccc12. The third kappa shape index (κ3) is 5.34. The zero-order valence-electron chi connectivity index (χ0n) is 19.4. The first kappa shape index (κ1) is 24.0. The molecule has 4 aromatic rings. The second-order valence-electron chi connectivity index (χ2n) is 7.81. The van der Waals surface area contributed by atoms with Gasteiger partial charge in [0.25, 0.3) is 5.91 Å². The summed E-state index contributed by atoms with van der Waals surface area (Å²) in [5.74, 6) is -0.947. The van der Waals surface area contributed by atoms with Crippen molar-refractivity contribution < 1.29 is 24.2 Å². The number of rotatable bonds is 8. The van der Waals surface area contributed by atoms with E-state index in [9.17, 15) is 20.0 Å². The predicted octanol–water partition coefficient (Wildman–Crippen LogP) is 5.67. The number of aromatic carboxylic acids is 1. The number of nitrogens with zero attached hydrogens (tertiary/aromatic N) is 1. The highest BCUT2D eigenvalue weighted by Gasteiger charge is 2.15. The lowest BCUT2D eigenvalue weighted by Gasteiger charge is -2.13. The number of hydrogen-bond acceptors (Lipinski definition) is 5. The third-order valence-electron chi connectivity index (χ3n) is 5.53. The van der Waals surface area contributed by atoms with Crippen LogP contribution in [0.3, 0.4) is 0 Å². The molecule has 0 aliphatic rings. The molecule has 0 fully saturated rings. The standard InChI is InChI=1S/C29H22N2O5/c1-35-27-16-19(15-22(17-30)28(32)31-25-12-5-4-11-24(25)29(33)34)13-14-26(27)36-18-21-9-6-8-20-7-2-3-10-23(20)21/h2-16H,18H2,1H3,(H,31,32)(H,33,34)/b22-15+. The fourth-order valence-electron chi connectivity index (χ4n) is 3.75. The number of para-hydroxylation sites is 1. The Morgan fingerprint density at radius 2 is 1.72 bits per heavy atom. The number of carboxylic acid groups (broad SMARTS) is 1. The average molecular weight is 479 g/mol. The number of nitriles is 1. The van der Waals surface area contributed by atoms with Crippen molar-refractivity contribution >= 4 is 34.4 Å². The molecule has 7 heteroatoms. The molecule has 0 bridgehead atoms. The number of benzene rings is 4. The Labute approximate surface area is 207 Å². The summed E-state index contributed by atoms with van der Waals surface area (Å²) in [4.78, 5) is 24.0. The molecule has 0 aliphatic heterocycles. The smallest absolute Gasteiger partial charge is 0.337 e. The van der Waals surface area contributed by atoms with Crippen LogP contribution in [0, 0.1) is 11.3 Å². The van der Waals surface area contributed by atoms with Crippen molar-refractivity contribution in [3.8, 4) is 17.6 Å². The molecule has 36 heavy (non-hydrogen) atoms. The van der Waals surface area contributed by atoms with Crippen molar-refractivity contribution in [2.75, 3.05) is 12.4 Å². The first-order valence-corrected chi connectivity index (χ1v) is 11.0. The quantitative estimate of drug-likeness (QED) is 0.249. The molecule has 0 aliphatic carbocycles. The lowest BCUT2D eigenvalue weighted by molar-refractivity contribution is -0.112. The molecule has 0 saturated heterocycles. The van der Waals surface area contributed by atoms with E-state index in [1.54, 1.807) is 30.3 Å². The molecule has 0 radical (unpaired) electrons. The minimum Gasteiger partial charge on any atom is -0.493 e. The van der Waals surface area contributed by atoms with E-state index in [4.69, 9.17) is 9.47 Å². The number of carboxylic acids is 1. The number of hydrogen-bond donors (Lipinski definition) is 2. The lowest BCUT2D eigenvalue weighted by Crippen LogP contribution is -2.16. The van der Waals surface area contributed by atoms with Crippen LogP contribution in [0.2, 0.25) is 0 Å². The van der Waals surface area contributed by atoms with Crippen LogP contribution in [-0.4, -0.2) is 24.1 Å². The van der Waals surface area contributed by atoms with Crippen LogP contribution in [0.5, 0.6) is 11.5 Å². The number of carbonyl (C=O) groups is 2. The van der Waals surface area contributed by atoms with E-state index in [-0.39, 0.29) is 16.8 Å². The van der Waals surface area contributed by atoms with E-state index in [0.29, 0.717) is 23.7 Å². The van der Waals surface area contributed by atoms with Gasteiger partial charge in [-0.1, -0.05) is 60.7 Å². The van der Waals surface area contributed by atoms with Gasteiger partial charge >= 0.3 is 5.97 Å². The number of fused-ring (bicyclic) bond motifs is 1. The molecule has 2 N–H and O–H groups in total. The molecule has 0 atom stereocenters. The van der Waals surface area contributed by atoms with E-state index in [0.717, 1.165) is 16.3 Å². The highest BCUT2D eigenvalue weighted by molar-refractivity contribution is 6.11. The molecule has 0 aromatic heterocycles. The summed E-state index contributed by atoms with van der Waals surface area (Å²) < 4.78 is 11.5. The minimum absolute atomic E-state index is 0.0718. The molecule has 0 saturated carbocycles. The molecular weight excluding hydrogens is 456 g/mol. The van der Waals surface area contributed by atoms with Crippen LogP contribution in [-0.2, 0) is 11.4 Å². The van der Waals surface area contributed by atoms with Crippen molar-refractivity contribution in [1.82, 2.24) is 0 Å². The normalized spacial score (nSPS) is 10.9. The summed E-state index contributed by atoms with van der Waals surface area (Å²) >= 11 is 0. The number of carbonyl (C=O) groups excluding carboxylic acids is 1. The van der Waals surface area contributed by atoms with Gasteiger partial charge in [-0.05, 0) is 52.2 Å². The molecular formula is C29H22N2O5. The van der Waals surface area contributed by atoms with Gasteiger partial charge in [-0.15, -0.1) is 0 Å². The molecule has 4 aromatic carbocycles. The van der Waals surface area contributed by atoms with Crippen LogP contribution >= 0.6 is 0 Å². The van der Waals surface area contributed by atoms with Crippen LogP contribution < -0.4 is 14.8 Å². The summed E-state index contributed by atoms with van der Waals surface area (Å²) in [6.45, 7) is 0.335. The Bertz CT molecular complexity index is 1510. The number of anilines is 1. The van der Waals surface area contributed by atoms with Crippen molar-refractivity contribution in [3.63, 3.8) is 0 Å². The molecule has 4 rings (SSSR count). The number of nitrogens with one attached hydrogen (secondary N) is 1. The fourth-order valence-corrected chi connectivity index (χ4v) is 3.75. The monoisotopic (exact) mass is 478 g/mol. The topological polar surface area (TPSA) is 109 Å². The Morgan fingerprint density at radius 3 is 2.50 bits per heavy atom. The molecule has 178 valence electrons. The predicted molar refractivity (Wildman–Crippen MR) is 137 cm³/mol. The van der Waals surface area contributed by atoms with E-state index in [1.165, 1.54) is 25.3 Å². The van der Waals surface area contributed by atoms with Gasteiger partial charge < -0.3 is 19.9 Å². The summed E-state index contributed by atoms with van der Waals surface area (Å²) in [5.41, 5.74) is 1.41. The zero-order chi connectivity index (χ0) is 25.5. The Balaban J connectivity index is 1.53. The van der Waals surface area contributed by atoms with Crippen molar-refractivity contribution in [3.05, 3.63) is 107 Å².